The second-order valence-corrected chi connectivity index (χ2v) is 5.98. The summed E-state index contributed by atoms with van der Waals surface area (Å²) < 4.78 is 0. The molecule has 0 radical (unpaired) electrons. The van der Waals surface area contributed by atoms with E-state index in [2.05, 4.69) is 15.8 Å². The van der Waals surface area contributed by atoms with Gasteiger partial charge in [-0.2, -0.15) is 5.10 Å². The maximum Gasteiger partial charge on any atom is 0.269 e. The number of benzene rings is 3. The van der Waals surface area contributed by atoms with Crippen LogP contribution in [0.4, 0.5) is 11.4 Å². The highest BCUT2D eigenvalue weighted by Crippen LogP contribution is 2.23. The normalized spacial score (nSPS) is 12.0. The molecule has 7 heteroatoms. The van der Waals surface area contributed by atoms with E-state index in [4.69, 9.17) is 0 Å². The molecule has 0 fully saturated rings. The van der Waals surface area contributed by atoms with Gasteiger partial charge in [0.15, 0.2) is 0 Å². The van der Waals surface area contributed by atoms with Gasteiger partial charge >= 0.3 is 0 Å². The lowest BCUT2D eigenvalue weighted by Gasteiger charge is -2.15. The Hall–Kier alpha value is -3.74. The molecule has 0 aromatic heterocycles. The van der Waals surface area contributed by atoms with E-state index in [9.17, 15) is 14.9 Å². The first kappa shape index (κ1) is 18.1. The Kier molecular flexibility index (Phi) is 5.41. The molecule has 27 heavy (non-hydrogen) atoms. The number of non-ortho nitro benzene ring substituents is 1. The smallest absolute Gasteiger partial charge is 0.269 e. The average molecular weight is 362 g/mol. The molecule has 136 valence electrons. The molecule has 3 rings (SSSR count). The van der Waals surface area contributed by atoms with Gasteiger partial charge in [-0.3, -0.25) is 14.9 Å². The number of carbonyl (C=O) groups excluding carboxylic acids is 1. The van der Waals surface area contributed by atoms with Gasteiger partial charge in [0.25, 0.3) is 11.6 Å². The Morgan fingerprint density at radius 1 is 1.07 bits per heavy atom. The number of rotatable bonds is 6. The molecule has 0 spiro atoms. The Bertz CT molecular complexity index is 994. The third-order valence-electron chi connectivity index (χ3n) is 4.05. The lowest BCUT2D eigenvalue weighted by molar-refractivity contribution is -0.384. The van der Waals surface area contributed by atoms with Crippen LogP contribution in [0.1, 0.15) is 12.5 Å². The van der Waals surface area contributed by atoms with Crippen LogP contribution in [0.5, 0.6) is 0 Å². The van der Waals surface area contributed by atoms with Crippen LogP contribution < -0.4 is 10.7 Å². The van der Waals surface area contributed by atoms with E-state index < -0.39 is 11.0 Å². The lowest BCUT2D eigenvalue weighted by atomic mass is 10.1. The van der Waals surface area contributed by atoms with Crippen molar-refractivity contribution in [1.29, 1.82) is 0 Å². The van der Waals surface area contributed by atoms with Crippen LogP contribution in [-0.4, -0.2) is 23.1 Å². The summed E-state index contributed by atoms with van der Waals surface area (Å²) in [5, 5.41) is 19.9. The van der Waals surface area contributed by atoms with Gasteiger partial charge in [-0.05, 0) is 36.1 Å². The van der Waals surface area contributed by atoms with Crippen LogP contribution in [0.2, 0.25) is 0 Å². The number of anilines is 1. The number of hydrazone groups is 1. The average Bonchev–Trinajstić information content (AvgIpc) is 2.68. The summed E-state index contributed by atoms with van der Waals surface area (Å²) >= 11 is 0. The first-order chi connectivity index (χ1) is 13.0. The lowest BCUT2D eigenvalue weighted by Crippen LogP contribution is -2.34. The largest absolute Gasteiger partial charge is 0.373 e. The van der Waals surface area contributed by atoms with Crippen molar-refractivity contribution in [3.63, 3.8) is 0 Å². The van der Waals surface area contributed by atoms with Crippen LogP contribution in [0.25, 0.3) is 10.8 Å². The zero-order chi connectivity index (χ0) is 19.2. The molecule has 0 heterocycles. The van der Waals surface area contributed by atoms with Crippen molar-refractivity contribution in [1.82, 2.24) is 5.43 Å². The SMILES string of the molecule is C[C@@H](Nc1cccc2ccccc12)C(=O)N/N=C\c1ccc([N+](=O)[O-])cc1. The molecule has 0 saturated carbocycles. The minimum absolute atomic E-state index is 0.00379. The van der Waals surface area contributed by atoms with Crippen molar-refractivity contribution in [2.24, 2.45) is 5.10 Å². The van der Waals surface area contributed by atoms with Gasteiger partial charge in [0.2, 0.25) is 0 Å². The Morgan fingerprint density at radius 3 is 2.52 bits per heavy atom. The molecule has 0 unspecified atom stereocenters. The molecular weight excluding hydrogens is 344 g/mol. The molecule has 3 aromatic rings. The molecule has 2 N–H and O–H groups in total. The Balaban J connectivity index is 1.61. The fourth-order valence-electron chi connectivity index (χ4n) is 2.60. The first-order valence-corrected chi connectivity index (χ1v) is 8.36. The second-order valence-electron chi connectivity index (χ2n) is 5.98. The highest BCUT2D eigenvalue weighted by atomic mass is 16.6. The van der Waals surface area contributed by atoms with E-state index in [0.29, 0.717) is 5.56 Å². The number of nitrogens with one attached hydrogen (secondary N) is 2. The standard InChI is InChI=1S/C20H18N4O3/c1-14(22-19-8-4-6-16-5-2-3-7-18(16)19)20(25)23-21-13-15-9-11-17(12-10-15)24(26)27/h2-14,22H,1H3,(H,23,25)/b21-13-/t14-/m1/s1. The Morgan fingerprint density at radius 2 is 1.78 bits per heavy atom. The molecule has 0 aliphatic heterocycles. The zero-order valence-electron chi connectivity index (χ0n) is 14.6. The number of carbonyl (C=O) groups is 1. The summed E-state index contributed by atoms with van der Waals surface area (Å²) in [7, 11) is 0. The number of nitrogens with zero attached hydrogens (tertiary/aromatic N) is 2. The van der Waals surface area contributed by atoms with Gasteiger partial charge in [0.05, 0.1) is 11.1 Å². The van der Waals surface area contributed by atoms with Gasteiger partial charge < -0.3 is 5.32 Å². The van der Waals surface area contributed by atoms with E-state index >= 15 is 0 Å². The van der Waals surface area contributed by atoms with Crippen molar-refractivity contribution < 1.29 is 9.72 Å². The summed E-state index contributed by atoms with van der Waals surface area (Å²) in [6, 6.07) is 19.2. The summed E-state index contributed by atoms with van der Waals surface area (Å²) in [4.78, 5) is 22.4. The summed E-state index contributed by atoms with van der Waals surface area (Å²) in [6.07, 6.45) is 1.44. The summed E-state index contributed by atoms with van der Waals surface area (Å²) in [5.41, 5.74) is 3.99. The number of hydrogen-bond acceptors (Lipinski definition) is 5. The molecule has 0 saturated heterocycles. The Labute approximate surface area is 155 Å². The minimum atomic E-state index is -0.496. The maximum atomic E-state index is 12.2. The molecule has 0 bridgehead atoms. The van der Waals surface area contributed by atoms with E-state index in [-0.39, 0.29) is 11.6 Å². The zero-order valence-corrected chi connectivity index (χ0v) is 14.6. The second kappa shape index (κ2) is 8.09. The molecule has 1 amide bonds. The number of hydrogen-bond donors (Lipinski definition) is 2. The number of fused-ring (bicyclic) bond motifs is 1. The predicted octanol–water partition coefficient (Wildman–Crippen LogP) is 3.70. The molecule has 1 atom stereocenters. The highest BCUT2D eigenvalue weighted by molar-refractivity contribution is 5.96. The van der Waals surface area contributed by atoms with Gasteiger partial charge in [-0.25, -0.2) is 5.43 Å². The third-order valence-corrected chi connectivity index (χ3v) is 4.05. The van der Waals surface area contributed by atoms with Gasteiger partial charge in [0, 0.05) is 23.2 Å². The van der Waals surface area contributed by atoms with Crippen LogP contribution in [0, 0.1) is 10.1 Å². The van der Waals surface area contributed by atoms with Crippen molar-refractivity contribution >= 4 is 34.3 Å². The first-order valence-electron chi connectivity index (χ1n) is 8.36. The topological polar surface area (TPSA) is 96.6 Å². The highest BCUT2D eigenvalue weighted by Gasteiger charge is 2.13. The van der Waals surface area contributed by atoms with Crippen LogP contribution in [-0.2, 0) is 4.79 Å². The van der Waals surface area contributed by atoms with E-state index in [1.54, 1.807) is 19.1 Å². The molecule has 3 aromatic carbocycles. The molecule has 7 nitrogen and oxygen atoms in total. The minimum Gasteiger partial charge on any atom is -0.373 e. The number of nitro benzene ring substituents is 1. The van der Waals surface area contributed by atoms with Gasteiger partial charge in [-0.1, -0.05) is 36.4 Å². The van der Waals surface area contributed by atoms with Crippen LogP contribution in [0.3, 0.4) is 0 Å². The van der Waals surface area contributed by atoms with Crippen molar-refractivity contribution in [3.05, 3.63) is 82.4 Å². The molecule has 0 aliphatic rings. The number of nitro groups is 1. The fourth-order valence-corrected chi connectivity index (χ4v) is 2.60. The van der Waals surface area contributed by atoms with Gasteiger partial charge in [0.1, 0.15) is 6.04 Å². The van der Waals surface area contributed by atoms with Crippen LogP contribution >= 0.6 is 0 Å². The quantitative estimate of drug-likeness (QED) is 0.397. The molecule has 0 aliphatic carbocycles. The fraction of sp³-hybridized carbons (Fsp3) is 0.100. The van der Waals surface area contributed by atoms with Crippen molar-refractivity contribution in [2.75, 3.05) is 5.32 Å². The van der Waals surface area contributed by atoms with Crippen LogP contribution in [0.15, 0.2) is 71.8 Å². The summed E-state index contributed by atoms with van der Waals surface area (Å²) in [6.45, 7) is 1.75. The van der Waals surface area contributed by atoms with E-state index in [0.717, 1.165) is 16.5 Å². The van der Waals surface area contributed by atoms with E-state index in [1.165, 1.54) is 18.3 Å². The third kappa shape index (κ3) is 4.46. The van der Waals surface area contributed by atoms with Crippen molar-refractivity contribution in [3.8, 4) is 0 Å². The predicted molar refractivity (Wildman–Crippen MR) is 106 cm³/mol. The summed E-state index contributed by atoms with van der Waals surface area (Å²) in [5.74, 6) is -0.291. The monoisotopic (exact) mass is 362 g/mol. The van der Waals surface area contributed by atoms with Crippen molar-refractivity contribution in [2.45, 2.75) is 13.0 Å². The maximum absolute atomic E-state index is 12.2. The number of amides is 1. The van der Waals surface area contributed by atoms with E-state index in [1.807, 2.05) is 42.5 Å². The van der Waals surface area contributed by atoms with Gasteiger partial charge in [-0.15, -0.1) is 0 Å². The molecular formula is C20H18N4O3.